The monoisotopic (exact) mass is 444 g/mol. The van der Waals surface area contributed by atoms with E-state index in [1.54, 1.807) is 12.4 Å². The molecule has 176 valence electrons. The van der Waals surface area contributed by atoms with Gasteiger partial charge < -0.3 is 4.74 Å². The number of unbranched alkanes of at least 4 members (excludes halogenated alkanes) is 4. The van der Waals surface area contributed by atoms with Crippen LogP contribution in [0.1, 0.15) is 77.7 Å². The summed E-state index contributed by atoms with van der Waals surface area (Å²) in [5.41, 5.74) is 4.86. The Balaban J connectivity index is 1.41. The second-order valence-electron chi connectivity index (χ2n) is 9.18. The van der Waals surface area contributed by atoms with Gasteiger partial charge in [0.15, 0.2) is 11.6 Å². The summed E-state index contributed by atoms with van der Waals surface area (Å²) in [5.74, 6) is 2.35. The zero-order valence-corrected chi connectivity index (χ0v) is 20.7. The lowest BCUT2D eigenvalue weighted by Gasteiger charge is -2.08. The molecule has 0 saturated carbocycles. The number of rotatable bonds is 14. The molecule has 1 aromatic heterocycles. The fourth-order valence-corrected chi connectivity index (χ4v) is 4.02. The van der Waals surface area contributed by atoms with Crippen molar-refractivity contribution in [1.82, 2.24) is 9.97 Å². The maximum absolute atomic E-state index is 5.84. The molecule has 0 aliphatic carbocycles. The minimum Gasteiger partial charge on any atom is -0.490 e. The Kier molecular flexibility index (Phi) is 10.4. The summed E-state index contributed by atoms with van der Waals surface area (Å²) in [6.45, 7) is 7.58. The molecular weight excluding hydrogens is 404 g/mol. The predicted octanol–water partition coefficient (Wildman–Crippen LogP) is 8.53. The first-order chi connectivity index (χ1) is 16.2. The highest BCUT2D eigenvalue weighted by atomic mass is 16.5. The standard InChI is InChI=1S/C30H40N2O/c1-4-11-25-13-15-26(16-14-25)27-17-19-28(20-18-27)30-31-22-29(23-32-30)33-21-10-8-6-7-9-12-24(3)5-2/h13-20,22-24H,4-12,21H2,1-3H3/t24-/m0/s1. The lowest BCUT2D eigenvalue weighted by atomic mass is 10.0. The molecule has 2 aromatic carbocycles. The molecule has 0 spiro atoms. The van der Waals surface area contributed by atoms with Crippen LogP contribution in [0.2, 0.25) is 0 Å². The van der Waals surface area contributed by atoms with Crippen molar-refractivity contribution in [2.24, 2.45) is 5.92 Å². The average Bonchev–Trinajstić information content (AvgIpc) is 2.86. The Morgan fingerprint density at radius 2 is 1.30 bits per heavy atom. The maximum atomic E-state index is 5.84. The highest BCUT2D eigenvalue weighted by Crippen LogP contribution is 2.24. The van der Waals surface area contributed by atoms with E-state index in [1.165, 1.54) is 61.6 Å². The molecule has 1 atom stereocenters. The minimum absolute atomic E-state index is 0.730. The molecule has 0 fully saturated rings. The molecule has 3 rings (SSSR count). The molecular formula is C30H40N2O. The molecule has 0 radical (unpaired) electrons. The van der Waals surface area contributed by atoms with Crippen LogP contribution in [0, 0.1) is 5.92 Å². The molecule has 3 aromatic rings. The third-order valence-corrected chi connectivity index (χ3v) is 6.40. The number of aryl methyl sites for hydroxylation is 1. The van der Waals surface area contributed by atoms with Crippen LogP contribution in [0.15, 0.2) is 60.9 Å². The van der Waals surface area contributed by atoms with Crippen LogP contribution in [0.5, 0.6) is 5.75 Å². The van der Waals surface area contributed by atoms with Crippen molar-refractivity contribution in [1.29, 1.82) is 0 Å². The van der Waals surface area contributed by atoms with Gasteiger partial charge in [-0.15, -0.1) is 0 Å². The lowest BCUT2D eigenvalue weighted by molar-refractivity contribution is 0.301. The maximum Gasteiger partial charge on any atom is 0.159 e. The molecule has 0 N–H and O–H groups in total. The number of ether oxygens (including phenoxy) is 1. The van der Waals surface area contributed by atoms with Gasteiger partial charge in [-0.05, 0) is 35.4 Å². The smallest absolute Gasteiger partial charge is 0.159 e. The minimum atomic E-state index is 0.730. The van der Waals surface area contributed by atoms with Crippen LogP contribution in [-0.4, -0.2) is 16.6 Å². The first-order valence-corrected chi connectivity index (χ1v) is 12.8. The molecule has 0 saturated heterocycles. The Bertz CT molecular complexity index is 917. The van der Waals surface area contributed by atoms with Crippen molar-refractivity contribution in [3.8, 4) is 28.3 Å². The van der Waals surface area contributed by atoms with E-state index in [4.69, 9.17) is 4.74 Å². The predicted molar refractivity (Wildman–Crippen MR) is 140 cm³/mol. The zero-order chi connectivity index (χ0) is 23.3. The first kappa shape index (κ1) is 25.0. The van der Waals surface area contributed by atoms with Gasteiger partial charge in [0, 0.05) is 5.56 Å². The first-order valence-electron chi connectivity index (χ1n) is 12.8. The topological polar surface area (TPSA) is 35.0 Å². The summed E-state index contributed by atoms with van der Waals surface area (Å²) >= 11 is 0. The molecule has 3 heteroatoms. The van der Waals surface area contributed by atoms with Gasteiger partial charge in [0.2, 0.25) is 0 Å². The zero-order valence-electron chi connectivity index (χ0n) is 20.7. The SMILES string of the molecule is CCCc1ccc(-c2ccc(-c3ncc(OCCCCCCC[C@@H](C)CC)cn3)cc2)cc1. The van der Waals surface area contributed by atoms with Crippen LogP contribution in [0.25, 0.3) is 22.5 Å². The summed E-state index contributed by atoms with van der Waals surface area (Å²) in [7, 11) is 0. The molecule has 0 bridgehead atoms. The summed E-state index contributed by atoms with van der Waals surface area (Å²) in [4.78, 5) is 9.02. The molecule has 0 aliphatic rings. The van der Waals surface area contributed by atoms with Gasteiger partial charge in [-0.2, -0.15) is 0 Å². The van der Waals surface area contributed by atoms with E-state index in [1.807, 2.05) is 0 Å². The third-order valence-electron chi connectivity index (χ3n) is 6.40. The Hall–Kier alpha value is -2.68. The van der Waals surface area contributed by atoms with Crippen molar-refractivity contribution in [2.75, 3.05) is 6.61 Å². The van der Waals surface area contributed by atoms with E-state index in [0.717, 1.165) is 42.5 Å². The van der Waals surface area contributed by atoms with E-state index < -0.39 is 0 Å². The molecule has 0 amide bonds. The van der Waals surface area contributed by atoms with Crippen LogP contribution < -0.4 is 4.74 Å². The van der Waals surface area contributed by atoms with Crippen molar-refractivity contribution >= 4 is 0 Å². The quantitative estimate of drug-likeness (QED) is 0.234. The number of benzene rings is 2. The van der Waals surface area contributed by atoms with Gasteiger partial charge in [-0.1, -0.05) is 114 Å². The number of aromatic nitrogens is 2. The van der Waals surface area contributed by atoms with Gasteiger partial charge in [-0.3, -0.25) is 0 Å². The number of nitrogens with zero attached hydrogens (tertiary/aromatic N) is 2. The van der Waals surface area contributed by atoms with Gasteiger partial charge in [0.25, 0.3) is 0 Å². The Labute approximate surface area is 200 Å². The van der Waals surface area contributed by atoms with E-state index in [0.29, 0.717) is 0 Å². The van der Waals surface area contributed by atoms with Crippen LogP contribution in [-0.2, 0) is 6.42 Å². The Morgan fingerprint density at radius 1 is 0.727 bits per heavy atom. The number of hydrogen-bond donors (Lipinski definition) is 0. The van der Waals surface area contributed by atoms with E-state index >= 15 is 0 Å². The summed E-state index contributed by atoms with van der Waals surface area (Å²) in [6, 6.07) is 17.3. The summed E-state index contributed by atoms with van der Waals surface area (Å²) in [5, 5.41) is 0. The molecule has 33 heavy (non-hydrogen) atoms. The number of hydrogen-bond acceptors (Lipinski definition) is 3. The normalized spacial score (nSPS) is 12.0. The highest BCUT2D eigenvalue weighted by Gasteiger charge is 2.04. The van der Waals surface area contributed by atoms with Crippen LogP contribution >= 0.6 is 0 Å². The molecule has 0 aliphatic heterocycles. The van der Waals surface area contributed by atoms with Crippen molar-refractivity contribution in [3.05, 3.63) is 66.5 Å². The van der Waals surface area contributed by atoms with Crippen molar-refractivity contribution in [3.63, 3.8) is 0 Å². The Morgan fingerprint density at radius 3 is 1.94 bits per heavy atom. The lowest BCUT2D eigenvalue weighted by Crippen LogP contribution is -1.99. The fraction of sp³-hybridized carbons (Fsp3) is 0.467. The second kappa shape index (κ2) is 13.8. The van der Waals surface area contributed by atoms with Crippen molar-refractivity contribution < 1.29 is 4.74 Å². The largest absolute Gasteiger partial charge is 0.490 e. The van der Waals surface area contributed by atoms with E-state index in [-0.39, 0.29) is 0 Å². The molecule has 1 heterocycles. The molecule has 0 unspecified atom stereocenters. The van der Waals surface area contributed by atoms with Gasteiger partial charge in [-0.25, -0.2) is 9.97 Å². The van der Waals surface area contributed by atoms with Gasteiger partial charge >= 0.3 is 0 Å². The summed E-state index contributed by atoms with van der Waals surface area (Å²) < 4.78 is 5.84. The van der Waals surface area contributed by atoms with Gasteiger partial charge in [0.05, 0.1) is 19.0 Å². The average molecular weight is 445 g/mol. The van der Waals surface area contributed by atoms with Gasteiger partial charge in [0.1, 0.15) is 0 Å². The van der Waals surface area contributed by atoms with Crippen LogP contribution in [0.3, 0.4) is 0 Å². The second-order valence-corrected chi connectivity index (χ2v) is 9.18. The van der Waals surface area contributed by atoms with E-state index in [9.17, 15) is 0 Å². The highest BCUT2D eigenvalue weighted by molar-refractivity contribution is 5.67. The fourth-order valence-electron chi connectivity index (χ4n) is 4.02. The van der Waals surface area contributed by atoms with Crippen LogP contribution in [0.4, 0.5) is 0 Å². The van der Waals surface area contributed by atoms with E-state index in [2.05, 4.69) is 79.3 Å². The molecule has 3 nitrogen and oxygen atoms in total. The summed E-state index contributed by atoms with van der Waals surface area (Å²) in [6.07, 6.45) is 14.9. The van der Waals surface area contributed by atoms with Crippen molar-refractivity contribution in [2.45, 2.75) is 78.6 Å². The third kappa shape index (κ3) is 8.31.